The second-order valence-corrected chi connectivity index (χ2v) is 11.5. The molecular formula is C30H36N2O5S. The van der Waals surface area contributed by atoms with Gasteiger partial charge >= 0.3 is 0 Å². The van der Waals surface area contributed by atoms with Crippen LogP contribution in [0.15, 0.2) is 96.4 Å². The van der Waals surface area contributed by atoms with Crippen LogP contribution in [0.25, 0.3) is 0 Å². The molecule has 0 unspecified atom stereocenters. The molecule has 0 amide bonds. The molecule has 0 aliphatic carbocycles. The first-order valence-corrected chi connectivity index (χ1v) is 14.2. The van der Waals surface area contributed by atoms with Crippen molar-refractivity contribution in [1.29, 1.82) is 0 Å². The molecule has 1 saturated heterocycles. The van der Waals surface area contributed by atoms with E-state index in [0.29, 0.717) is 0 Å². The van der Waals surface area contributed by atoms with Crippen LogP contribution in [-0.4, -0.2) is 44.7 Å². The van der Waals surface area contributed by atoms with Gasteiger partial charge < -0.3 is 19.5 Å². The SMILES string of the molecule is C=CCN(C)C[C@H]1O[C@@H](c2ccc(CNS(=O)(=O)c3ccccc3)cc2)O[C@@H](c2ccc(CO)cc2)[C@H]1C. The number of nitrogens with zero attached hydrogens (tertiary/aromatic N) is 1. The van der Waals surface area contributed by atoms with Crippen molar-refractivity contribution in [1.82, 2.24) is 9.62 Å². The summed E-state index contributed by atoms with van der Waals surface area (Å²) in [5.74, 6) is 0.0881. The molecule has 1 heterocycles. The third-order valence-corrected chi connectivity index (χ3v) is 8.24. The van der Waals surface area contributed by atoms with Crippen molar-refractivity contribution in [3.05, 3.63) is 114 Å². The number of ether oxygens (including phenoxy) is 2. The Kier molecular flexibility index (Phi) is 9.49. The lowest BCUT2D eigenvalue weighted by atomic mass is 9.90. The lowest BCUT2D eigenvalue weighted by molar-refractivity contribution is -0.275. The fraction of sp³-hybridized carbons (Fsp3) is 0.333. The van der Waals surface area contributed by atoms with Crippen molar-refractivity contribution in [2.24, 2.45) is 5.92 Å². The summed E-state index contributed by atoms with van der Waals surface area (Å²) in [6.07, 6.45) is 1.02. The number of nitrogens with one attached hydrogen (secondary N) is 1. The van der Waals surface area contributed by atoms with Crippen LogP contribution in [-0.2, 0) is 32.6 Å². The second-order valence-electron chi connectivity index (χ2n) is 9.71. The summed E-state index contributed by atoms with van der Waals surface area (Å²) in [6.45, 7) is 7.62. The summed E-state index contributed by atoms with van der Waals surface area (Å²) in [7, 11) is -1.55. The highest BCUT2D eigenvalue weighted by Gasteiger charge is 2.38. The van der Waals surface area contributed by atoms with Crippen molar-refractivity contribution in [2.75, 3.05) is 20.1 Å². The Labute approximate surface area is 225 Å². The maximum Gasteiger partial charge on any atom is 0.240 e. The molecule has 1 aliphatic rings. The first kappa shape index (κ1) is 28.2. The minimum Gasteiger partial charge on any atom is -0.392 e. The summed E-state index contributed by atoms with van der Waals surface area (Å²) >= 11 is 0. The zero-order valence-corrected chi connectivity index (χ0v) is 22.7. The van der Waals surface area contributed by atoms with E-state index in [-0.39, 0.29) is 36.2 Å². The second kappa shape index (κ2) is 12.8. The summed E-state index contributed by atoms with van der Waals surface area (Å²) in [4.78, 5) is 2.41. The van der Waals surface area contributed by atoms with Gasteiger partial charge in [0.15, 0.2) is 6.29 Å². The van der Waals surface area contributed by atoms with Gasteiger partial charge in [0, 0.05) is 31.1 Å². The van der Waals surface area contributed by atoms with Gasteiger partial charge in [-0.05, 0) is 35.9 Å². The summed E-state index contributed by atoms with van der Waals surface area (Å²) in [5, 5.41) is 9.43. The normalized spacial score (nSPS) is 21.9. The van der Waals surface area contributed by atoms with Crippen molar-refractivity contribution in [3.8, 4) is 0 Å². The van der Waals surface area contributed by atoms with Gasteiger partial charge in [-0.1, -0.05) is 79.7 Å². The van der Waals surface area contributed by atoms with Crippen molar-refractivity contribution < 1.29 is 23.0 Å². The van der Waals surface area contributed by atoms with Crippen LogP contribution in [0.4, 0.5) is 0 Å². The Morgan fingerprint density at radius 2 is 1.58 bits per heavy atom. The number of rotatable bonds is 11. The largest absolute Gasteiger partial charge is 0.392 e. The van der Waals surface area contributed by atoms with E-state index in [4.69, 9.17) is 9.47 Å². The highest BCUT2D eigenvalue weighted by Crippen LogP contribution is 2.41. The lowest BCUT2D eigenvalue weighted by Crippen LogP contribution is -2.43. The van der Waals surface area contributed by atoms with E-state index >= 15 is 0 Å². The summed E-state index contributed by atoms with van der Waals surface area (Å²) in [6, 6.07) is 23.8. The predicted octanol–water partition coefficient (Wildman–Crippen LogP) is 4.57. The van der Waals surface area contributed by atoms with Gasteiger partial charge in [-0.3, -0.25) is 0 Å². The number of hydrogen-bond donors (Lipinski definition) is 2. The summed E-state index contributed by atoms with van der Waals surface area (Å²) < 4.78 is 40.7. The molecule has 1 fully saturated rings. The number of aliphatic hydroxyl groups excluding tert-OH is 1. The molecule has 0 saturated carbocycles. The van der Waals surface area contributed by atoms with Crippen LogP contribution in [0.2, 0.25) is 0 Å². The standard InChI is InChI=1S/C30H36N2O5S/c1-4-18-32(3)20-28-22(2)29(25-14-12-24(21-33)13-15-25)37-30(36-28)26-16-10-23(11-17-26)19-31-38(34,35)27-8-6-5-7-9-27/h4-17,22,28-31,33H,1,18-21H2,2-3H3/t22-,28+,29+,30+/m0/s1. The Hall–Kier alpha value is -2.85. The van der Waals surface area contributed by atoms with E-state index < -0.39 is 16.3 Å². The fourth-order valence-corrected chi connectivity index (χ4v) is 5.62. The first-order valence-electron chi connectivity index (χ1n) is 12.7. The molecule has 8 heteroatoms. The molecule has 0 radical (unpaired) electrons. The monoisotopic (exact) mass is 536 g/mol. The molecule has 0 aromatic heterocycles. The molecule has 0 bridgehead atoms. The van der Waals surface area contributed by atoms with Gasteiger partial charge in [-0.15, -0.1) is 6.58 Å². The highest BCUT2D eigenvalue weighted by molar-refractivity contribution is 7.89. The maximum absolute atomic E-state index is 12.6. The lowest BCUT2D eigenvalue weighted by Gasteiger charge is -2.42. The van der Waals surface area contributed by atoms with Crippen molar-refractivity contribution in [3.63, 3.8) is 0 Å². The zero-order valence-electron chi connectivity index (χ0n) is 21.9. The minimum absolute atomic E-state index is 0.00405. The third-order valence-electron chi connectivity index (χ3n) is 6.83. The molecule has 4 atom stereocenters. The Morgan fingerprint density at radius 1 is 0.947 bits per heavy atom. The number of sulfonamides is 1. The Morgan fingerprint density at radius 3 is 2.21 bits per heavy atom. The zero-order chi connectivity index (χ0) is 27.1. The molecule has 0 spiro atoms. The molecule has 2 N–H and O–H groups in total. The smallest absolute Gasteiger partial charge is 0.240 e. The molecule has 3 aromatic carbocycles. The van der Waals surface area contributed by atoms with Crippen molar-refractivity contribution >= 4 is 10.0 Å². The summed E-state index contributed by atoms with van der Waals surface area (Å²) in [5.41, 5.74) is 3.58. The van der Waals surface area contributed by atoms with Crippen LogP contribution in [0.5, 0.6) is 0 Å². The van der Waals surface area contributed by atoms with Crippen LogP contribution in [0.3, 0.4) is 0 Å². The quantitative estimate of drug-likeness (QED) is 0.349. The topological polar surface area (TPSA) is 88.1 Å². The van der Waals surface area contributed by atoms with Gasteiger partial charge in [0.2, 0.25) is 10.0 Å². The van der Waals surface area contributed by atoms with E-state index in [0.717, 1.165) is 35.3 Å². The number of aliphatic hydroxyl groups is 1. The third kappa shape index (κ3) is 6.96. The molecular weight excluding hydrogens is 500 g/mol. The molecule has 4 rings (SSSR count). The van der Waals surface area contributed by atoms with Gasteiger partial charge in [-0.2, -0.15) is 0 Å². The predicted molar refractivity (Wildman–Crippen MR) is 148 cm³/mol. The average Bonchev–Trinajstić information content (AvgIpc) is 2.94. The molecule has 38 heavy (non-hydrogen) atoms. The fourth-order valence-electron chi connectivity index (χ4n) is 4.58. The number of benzene rings is 3. The number of likely N-dealkylation sites (N-methyl/N-ethyl adjacent to an activating group) is 1. The van der Waals surface area contributed by atoms with Gasteiger partial charge in [0.25, 0.3) is 0 Å². The Bertz CT molecular complexity index is 1280. The Balaban J connectivity index is 1.50. The van der Waals surface area contributed by atoms with Crippen LogP contribution in [0.1, 0.15) is 41.6 Å². The highest BCUT2D eigenvalue weighted by atomic mass is 32.2. The maximum atomic E-state index is 12.6. The number of hydrogen-bond acceptors (Lipinski definition) is 6. The average molecular weight is 537 g/mol. The van der Waals surface area contributed by atoms with E-state index in [1.807, 2.05) is 61.7 Å². The van der Waals surface area contributed by atoms with Crippen LogP contribution in [0, 0.1) is 5.92 Å². The van der Waals surface area contributed by atoms with E-state index in [9.17, 15) is 13.5 Å². The van der Waals surface area contributed by atoms with E-state index in [1.54, 1.807) is 30.3 Å². The van der Waals surface area contributed by atoms with Gasteiger partial charge in [0.1, 0.15) is 0 Å². The van der Waals surface area contributed by atoms with Crippen molar-refractivity contribution in [2.45, 2.75) is 43.5 Å². The minimum atomic E-state index is -3.59. The van der Waals surface area contributed by atoms with Crippen LogP contribution < -0.4 is 4.72 Å². The van der Waals surface area contributed by atoms with Gasteiger partial charge in [-0.25, -0.2) is 13.1 Å². The molecule has 3 aromatic rings. The molecule has 1 aliphatic heterocycles. The molecule has 202 valence electrons. The first-order chi connectivity index (χ1) is 18.3. The van der Waals surface area contributed by atoms with E-state index in [1.165, 1.54) is 0 Å². The van der Waals surface area contributed by atoms with Crippen LogP contribution >= 0.6 is 0 Å². The molecule has 7 nitrogen and oxygen atoms in total. The van der Waals surface area contributed by atoms with Gasteiger partial charge in [0.05, 0.1) is 23.7 Å². The van der Waals surface area contributed by atoms with E-state index in [2.05, 4.69) is 23.1 Å².